The molecule has 7 heterocycles. The number of hydrogen-bond acceptors (Lipinski definition) is 11. The van der Waals surface area contributed by atoms with Crippen molar-refractivity contribution in [3.8, 4) is 17.5 Å². The van der Waals surface area contributed by atoms with Crippen LogP contribution in [0.5, 0.6) is 17.5 Å². The number of amides is 4. The number of ether oxygens (including phenoxy) is 3. The van der Waals surface area contributed by atoms with Gasteiger partial charge in [0.25, 0.3) is 11.8 Å². The minimum Gasteiger partial charge on any atom is -0.490 e. The molecule has 2 unspecified atom stereocenters. The van der Waals surface area contributed by atoms with Crippen LogP contribution in [0.15, 0.2) is 79.0 Å². The highest BCUT2D eigenvalue weighted by molar-refractivity contribution is 6.23. The van der Waals surface area contributed by atoms with Gasteiger partial charge in [-0.15, -0.1) is 0 Å². The average Bonchev–Trinajstić information content (AvgIpc) is 3.33. The van der Waals surface area contributed by atoms with Crippen LogP contribution in [0, 0.1) is 0 Å². The number of rotatable bonds is 8. The summed E-state index contributed by atoms with van der Waals surface area (Å²) in [5.74, 6) is -0.627. The van der Waals surface area contributed by atoms with E-state index in [4.69, 9.17) is 14.2 Å². The third kappa shape index (κ3) is 6.03. The van der Waals surface area contributed by atoms with Crippen molar-refractivity contribution < 1.29 is 33.4 Å². The van der Waals surface area contributed by atoms with Crippen LogP contribution in [-0.4, -0.2) is 68.8 Å². The van der Waals surface area contributed by atoms with Gasteiger partial charge < -0.3 is 19.6 Å². The summed E-state index contributed by atoms with van der Waals surface area (Å²) in [6, 6.07) is 22.4. The summed E-state index contributed by atoms with van der Waals surface area (Å²) < 4.78 is 17.5. The van der Waals surface area contributed by atoms with E-state index < -0.39 is 35.2 Å². The van der Waals surface area contributed by atoms with Gasteiger partial charge in [-0.1, -0.05) is 24.3 Å². The number of piperidine rings is 1. The van der Waals surface area contributed by atoms with Gasteiger partial charge in [0.15, 0.2) is 0 Å². The summed E-state index contributed by atoms with van der Waals surface area (Å²) in [5.41, 5.74) is 6.95. The zero-order valence-corrected chi connectivity index (χ0v) is 28.1. The summed E-state index contributed by atoms with van der Waals surface area (Å²) >= 11 is 0. The molecular weight excluding hydrogens is 652 g/mol. The Labute approximate surface area is 293 Å². The largest absolute Gasteiger partial charge is 0.490 e. The number of aromatic nitrogens is 2. The molecule has 1 saturated heterocycles. The monoisotopic (exact) mass is 688 g/mol. The molecular formula is C38H36N6O7. The molecule has 1 aliphatic carbocycles. The van der Waals surface area contributed by atoms with Gasteiger partial charge in [0.05, 0.1) is 29.5 Å². The predicted octanol–water partition coefficient (Wildman–Crippen LogP) is 4.18. The number of carbonyl (C=O) groups excluding carboxylic acids is 4. The van der Waals surface area contributed by atoms with Gasteiger partial charge >= 0.3 is 6.01 Å². The number of methoxy groups -OCH3 is 1. The number of hydrogen-bond donors (Lipinski definition) is 2. The van der Waals surface area contributed by atoms with E-state index in [1.54, 1.807) is 30.5 Å². The number of hydrazine groups is 1. The number of carbonyl (C=O) groups is 4. The van der Waals surface area contributed by atoms with Gasteiger partial charge in [-0.25, -0.2) is 9.99 Å². The lowest BCUT2D eigenvalue weighted by atomic mass is 9.80. The second-order valence-corrected chi connectivity index (χ2v) is 13.5. The van der Waals surface area contributed by atoms with Crippen molar-refractivity contribution in [1.82, 2.24) is 25.2 Å². The van der Waals surface area contributed by atoms with Crippen molar-refractivity contribution in [2.45, 2.75) is 69.4 Å². The van der Waals surface area contributed by atoms with Gasteiger partial charge in [-0.2, -0.15) is 4.98 Å². The quantitative estimate of drug-likeness (QED) is 0.257. The number of nitrogens with zero attached hydrogens (tertiary/aromatic N) is 4. The Bertz CT molecular complexity index is 2030. The lowest BCUT2D eigenvalue weighted by Gasteiger charge is -2.51. The van der Waals surface area contributed by atoms with Crippen LogP contribution in [0.1, 0.15) is 70.1 Å². The maximum Gasteiger partial charge on any atom is 0.316 e. The topological polar surface area (TPSA) is 152 Å². The summed E-state index contributed by atoms with van der Waals surface area (Å²) in [4.78, 5) is 60.7. The van der Waals surface area contributed by atoms with Crippen molar-refractivity contribution in [3.63, 3.8) is 0 Å². The van der Waals surface area contributed by atoms with E-state index in [0.717, 1.165) is 34.6 Å². The first-order valence-corrected chi connectivity index (χ1v) is 16.9. The van der Waals surface area contributed by atoms with Crippen LogP contribution < -0.4 is 25.0 Å². The van der Waals surface area contributed by atoms with Crippen LogP contribution >= 0.6 is 0 Å². The molecule has 2 atom stereocenters. The Morgan fingerprint density at radius 2 is 1.73 bits per heavy atom. The molecule has 4 bridgehead atoms. The fourth-order valence-electron chi connectivity index (χ4n) is 7.37. The summed E-state index contributed by atoms with van der Waals surface area (Å²) in [6.07, 6.45) is 4.03. The maximum absolute atomic E-state index is 13.7. The van der Waals surface area contributed by atoms with E-state index in [1.807, 2.05) is 24.3 Å². The Morgan fingerprint density at radius 3 is 2.47 bits per heavy atom. The van der Waals surface area contributed by atoms with Crippen LogP contribution in [0.2, 0.25) is 0 Å². The molecule has 4 amide bonds. The smallest absolute Gasteiger partial charge is 0.316 e. The molecule has 13 heteroatoms. The van der Waals surface area contributed by atoms with E-state index in [-0.39, 0.29) is 48.7 Å². The Hall–Kier alpha value is -5.82. The third-order valence-corrected chi connectivity index (χ3v) is 10.2. The second kappa shape index (κ2) is 12.8. The number of imide groups is 2. The molecule has 2 N–H and O–H groups in total. The number of anilines is 1. The number of fused-ring (bicyclic) bond motifs is 1. The van der Waals surface area contributed by atoms with Crippen molar-refractivity contribution in [2.75, 3.05) is 12.5 Å². The zero-order chi connectivity index (χ0) is 35.3. The van der Waals surface area contributed by atoms with Crippen LogP contribution in [0.3, 0.4) is 0 Å². The standard InChI is InChI=1S/C38H36N6O7/c1-38(23-5-10-27(11-6-23)50-21-25-15-16-39-37(40-25)49-2)20-22-3-8-28(9-4-22)51-29-18-26(19-29)44(38)42-24-7-12-30-31(17-24)36(48)43(35(30)47)32-13-14-33(45)41-34(32)46/h3-12,15-17,26,29,32,42H,13-14,18-21H2,1-2H3,(H,41,45,46). The zero-order valence-electron chi connectivity index (χ0n) is 28.1. The minimum atomic E-state index is -1.03. The summed E-state index contributed by atoms with van der Waals surface area (Å²) in [5, 5.41) is 4.49. The first-order chi connectivity index (χ1) is 24.7. The number of nitrogens with one attached hydrogen (secondary N) is 2. The molecule has 1 saturated carbocycles. The van der Waals surface area contributed by atoms with Gasteiger partial charge in [-0.3, -0.25) is 29.4 Å². The Balaban J connectivity index is 1.09. The minimum absolute atomic E-state index is 0.0463. The van der Waals surface area contributed by atoms with Crippen molar-refractivity contribution in [2.24, 2.45) is 0 Å². The molecule has 1 aromatic heterocycles. The van der Waals surface area contributed by atoms with Crippen LogP contribution in [0.4, 0.5) is 5.69 Å². The highest BCUT2D eigenvalue weighted by atomic mass is 16.5. The van der Waals surface area contributed by atoms with E-state index in [1.165, 1.54) is 7.11 Å². The third-order valence-electron chi connectivity index (χ3n) is 10.2. The predicted molar refractivity (Wildman–Crippen MR) is 183 cm³/mol. The van der Waals surface area contributed by atoms with Gasteiger partial charge in [0, 0.05) is 37.2 Å². The SMILES string of the molecule is COc1nccc(COc2ccc(C3(C)Cc4ccc(cc4)OC4CC(C4)N3Nc3ccc4c(c3)C(=O)N(C3CCC(=O)NC3=O)C4=O)cc2)n1. The first-order valence-electron chi connectivity index (χ1n) is 16.9. The molecule has 51 heavy (non-hydrogen) atoms. The van der Waals surface area contributed by atoms with E-state index in [2.05, 4.69) is 56.9 Å². The molecule has 13 nitrogen and oxygen atoms in total. The normalized spacial score (nSPS) is 24.2. The van der Waals surface area contributed by atoms with Crippen molar-refractivity contribution in [1.29, 1.82) is 0 Å². The van der Waals surface area contributed by atoms with Gasteiger partial charge in [0.2, 0.25) is 11.8 Å². The molecule has 0 spiro atoms. The van der Waals surface area contributed by atoms with Crippen molar-refractivity contribution >= 4 is 29.3 Å². The molecule has 7 aliphatic rings. The molecule has 4 aromatic rings. The molecule has 3 aromatic carbocycles. The Morgan fingerprint density at radius 1 is 0.961 bits per heavy atom. The lowest BCUT2D eigenvalue weighted by molar-refractivity contribution is -0.136. The molecule has 260 valence electrons. The fourth-order valence-corrected chi connectivity index (χ4v) is 7.37. The molecule has 11 rings (SSSR count). The second-order valence-electron chi connectivity index (χ2n) is 13.5. The van der Waals surface area contributed by atoms with E-state index in [9.17, 15) is 19.2 Å². The van der Waals surface area contributed by atoms with E-state index >= 15 is 0 Å². The molecule has 6 aliphatic heterocycles. The molecule has 2 fully saturated rings. The van der Waals surface area contributed by atoms with Crippen LogP contribution in [-0.2, 0) is 28.2 Å². The highest BCUT2D eigenvalue weighted by Crippen LogP contribution is 2.42. The van der Waals surface area contributed by atoms with E-state index in [0.29, 0.717) is 23.6 Å². The number of benzene rings is 3. The fraction of sp³-hybridized carbons (Fsp3) is 0.316. The molecule has 0 radical (unpaired) electrons. The first kappa shape index (κ1) is 32.4. The van der Waals surface area contributed by atoms with Gasteiger partial charge in [0.1, 0.15) is 30.3 Å². The van der Waals surface area contributed by atoms with Crippen molar-refractivity contribution in [3.05, 3.63) is 107 Å². The van der Waals surface area contributed by atoms with Gasteiger partial charge in [-0.05, 0) is 79.4 Å². The lowest BCUT2D eigenvalue weighted by Crippen LogP contribution is -2.59. The Kier molecular flexibility index (Phi) is 8.14. The maximum atomic E-state index is 13.7. The summed E-state index contributed by atoms with van der Waals surface area (Å²) in [6.45, 7) is 2.44. The summed E-state index contributed by atoms with van der Waals surface area (Å²) in [7, 11) is 1.52. The highest BCUT2D eigenvalue weighted by Gasteiger charge is 2.47. The van der Waals surface area contributed by atoms with Crippen LogP contribution in [0.25, 0.3) is 0 Å². The average molecular weight is 689 g/mol.